The molecule has 1 aliphatic heterocycles. The number of amides is 1. The monoisotopic (exact) mass is 298 g/mol. The average Bonchev–Trinajstić information content (AvgIpc) is 2.89. The third-order valence-electron chi connectivity index (χ3n) is 3.60. The highest BCUT2D eigenvalue weighted by Crippen LogP contribution is 2.31. The quantitative estimate of drug-likeness (QED) is 0.771. The third-order valence-corrected chi connectivity index (χ3v) is 3.94. The Morgan fingerprint density at radius 3 is 2.86 bits per heavy atom. The molecule has 0 radical (unpaired) electrons. The molecule has 21 heavy (non-hydrogen) atoms. The number of benzene rings is 2. The van der Waals surface area contributed by atoms with Crippen molar-refractivity contribution in [2.24, 2.45) is 4.99 Å². The summed E-state index contributed by atoms with van der Waals surface area (Å²) in [4.78, 5) is 17.8. The van der Waals surface area contributed by atoms with Crippen LogP contribution in [0.25, 0.3) is 0 Å². The predicted octanol–water partition coefficient (Wildman–Crippen LogP) is 4.00. The van der Waals surface area contributed by atoms with E-state index >= 15 is 0 Å². The second kappa shape index (κ2) is 5.70. The molecule has 2 aromatic rings. The summed E-state index contributed by atoms with van der Waals surface area (Å²) in [5.41, 5.74) is 3.93. The fourth-order valence-electron chi connectivity index (χ4n) is 2.52. The Labute approximate surface area is 128 Å². The Bertz CT molecular complexity index is 724. The first-order valence-electron chi connectivity index (χ1n) is 6.85. The molecular formula is C17H15ClN2O. The first-order chi connectivity index (χ1) is 10.1. The number of halogens is 1. The standard InChI is InChI=1S/C17H15ClN2O/c1-12(21)20-9-8-13-10-15(6-7-17(13)20)19-11-14-4-2-3-5-16(14)18/h2-7,10-11H,8-9H2,1H3. The molecule has 0 unspecified atom stereocenters. The number of carbonyl (C=O) groups is 1. The highest BCUT2D eigenvalue weighted by molar-refractivity contribution is 6.33. The van der Waals surface area contributed by atoms with Gasteiger partial charge in [-0.1, -0.05) is 29.8 Å². The number of aliphatic imine (C=N–C) groups is 1. The van der Waals surface area contributed by atoms with Crippen LogP contribution in [0.2, 0.25) is 5.02 Å². The molecule has 0 aromatic heterocycles. The SMILES string of the molecule is CC(=O)N1CCc2cc(N=Cc3ccccc3Cl)ccc21. The maximum Gasteiger partial charge on any atom is 0.223 e. The number of anilines is 1. The molecule has 0 saturated heterocycles. The van der Waals surface area contributed by atoms with Crippen LogP contribution in [-0.2, 0) is 11.2 Å². The molecule has 3 nitrogen and oxygen atoms in total. The Balaban J connectivity index is 1.86. The van der Waals surface area contributed by atoms with E-state index < -0.39 is 0 Å². The zero-order valence-corrected chi connectivity index (χ0v) is 12.5. The number of carbonyl (C=O) groups excluding carboxylic acids is 1. The normalized spacial score (nSPS) is 13.7. The zero-order valence-electron chi connectivity index (χ0n) is 11.7. The van der Waals surface area contributed by atoms with E-state index in [1.54, 1.807) is 18.0 Å². The maximum atomic E-state index is 11.5. The minimum absolute atomic E-state index is 0.0843. The van der Waals surface area contributed by atoms with Crippen molar-refractivity contribution in [3.05, 3.63) is 58.6 Å². The van der Waals surface area contributed by atoms with Crippen LogP contribution in [0.15, 0.2) is 47.5 Å². The van der Waals surface area contributed by atoms with Gasteiger partial charge in [0.1, 0.15) is 0 Å². The number of nitrogens with zero attached hydrogens (tertiary/aromatic N) is 2. The van der Waals surface area contributed by atoms with Crippen molar-refractivity contribution in [2.75, 3.05) is 11.4 Å². The van der Waals surface area contributed by atoms with E-state index in [2.05, 4.69) is 4.99 Å². The van der Waals surface area contributed by atoms with E-state index in [-0.39, 0.29) is 5.91 Å². The van der Waals surface area contributed by atoms with Gasteiger partial charge in [-0.15, -0.1) is 0 Å². The Morgan fingerprint density at radius 2 is 2.10 bits per heavy atom. The summed E-state index contributed by atoms with van der Waals surface area (Å²) < 4.78 is 0. The molecule has 0 spiro atoms. The minimum atomic E-state index is 0.0843. The largest absolute Gasteiger partial charge is 0.312 e. The summed E-state index contributed by atoms with van der Waals surface area (Å²) in [6, 6.07) is 13.5. The van der Waals surface area contributed by atoms with Crippen molar-refractivity contribution in [1.82, 2.24) is 0 Å². The van der Waals surface area contributed by atoms with Crippen LogP contribution in [0, 0.1) is 0 Å². The summed E-state index contributed by atoms with van der Waals surface area (Å²) in [7, 11) is 0. The second-order valence-corrected chi connectivity index (χ2v) is 5.42. The maximum absolute atomic E-state index is 11.5. The van der Waals surface area contributed by atoms with Crippen molar-refractivity contribution in [3.63, 3.8) is 0 Å². The molecule has 2 aromatic carbocycles. The van der Waals surface area contributed by atoms with Gasteiger partial charge in [0.25, 0.3) is 0 Å². The van der Waals surface area contributed by atoms with E-state index in [4.69, 9.17) is 11.6 Å². The lowest BCUT2D eigenvalue weighted by atomic mass is 10.1. The molecule has 1 heterocycles. The average molecular weight is 299 g/mol. The molecule has 106 valence electrons. The van der Waals surface area contributed by atoms with Gasteiger partial charge in [-0.2, -0.15) is 0 Å². The summed E-state index contributed by atoms with van der Waals surface area (Å²) in [5, 5.41) is 0.685. The molecule has 1 aliphatic rings. The molecule has 1 amide bonds. The first kappa shape index (κ1) is 13.8. The van der Waals surface area contributed by atoms with E-state index in [1.807, 2.05) is 42.5 Å². The van der Waals surface area contributed by atoms with Gasteiger partial charge in [-0.3, -0.25) is 9.79 Å². The van der Waals surface area contributed by atoms with Gasteiger partial charge in [0, 0.05) is 36.0 Å². The Kier molecular flexibility index (Phi) is 3.76. The number of hydrogen-bond acceptors (Lipinski definition) is 2. The second-order valence-electron chi connectivity index (χ2n) is 5.01. The highest BCUT2D eigenvalue weighted by atomic mass is 35.5. The number of rotatable bonds is 2. The molecule has 0 N–H and O–H groups in total. The van der Waals surface area contributed by atoms with Crippen molar-refractivity contribution >= 4 is 35.1 Å². The van der Waals surface area contributed by atoms with Gasteiger partial charge in [0.15, 0.2) is 0 Å². The van der Waals surface area contributed by atoms with E-state index in [1.165, 1.54) is 5.56 Å². The summed E-state index contributed by atoms with van der Waals surface area (Å²) in [5.74, 6) is 0.0843. The predicted molar refractivity (Wildman–Crippen MR) is 86.9 cm³/mol. The van der Waals surface area contributed by atoms with Gasteiger partial charge in [0.2, 0.25) is 5.91 Å². The smallest absolute Gasteiger partial charge is 0.223 e. The van der Waals surface area contributed by atoms with Crippen LogP contribution in [0.3, 0.4) is 0 Å². The summed E-state index contributed by atoms with van der Waals surface area (Å²) >= 11 is 6.10. The van der Waals surface area contributed by atoms with Gasteiger partial charge in [0.05, 0.1) is 5.69 Å². The highest BCUT2D eigenvalue weighted by Gasteiger charge is 2.21. The van der Waals surface area contributed by atoms with Crippen LogP contribution in [0.4, 0.5) is 11.4 Å². The molecule has 0 bridgehead atoms. The lowest BCUT2D eigenvalue weighted by Crippen LogP contribution is -2.25. The van der Waals surface area contributed by atoms with Crippen LogP contribution in [0.1, 0.15) is 18.1 Å². The lowest BCUT2D eigenvalue weighted by molar-refractivity contribution is -0.116. The topological polar surface area (TPSA) is 32.7 Å². The van der Waals surface area contributed by atoms with Gasteiger partial charge >= 0.3 is 0 Å². The van der Waals surface area contributed by atoms with Crippen molar-refractivity contribution in [2.45, 2.75) is 13.3 Å². The van der Waals surface area contributed by atoms with Crippen LogP contribution in [0.5, 0.6) is 0 Å². The van der Waals surface area contributed by atoms with E-state index in [0.29, 0.717) is 5.02 Å². The molecule has 0 aliphatic carbocycles. The fourth-order valence-corrected chi connectivity index (χ4v) is 2.70. The molecule has 0 saturated carbocycles. The van der Waals surface area contributed by atoms with Gasteiger partial charge in [-0.05, 0) is 36.2 Å². The molecule has 0 fully saturated rings. The summed E-state index contributed by atoms with van der Waals surface area (Å²) in [6.07, 6.45) is 2.64. The van der Waals surface area contributed by atoms with Crippen LogP contribution < -0.4 is 4.90 Å². The van der Waals surface area contributed by atoms with Crippen LogP contribution >= 0.6 is 11.6 Å². The first-order valence-corrected chi connectivity index (χ1v) is 7.22. The fraction of sp³-hybridized carbons (Fsp3) is 0.176. The van der Waals surface area contributed by atoms with Crippen molar-refractivity contribution < 1.29 is 4.79 Å². The Morgan fingerprint density at radius 1 is 1.29 bits per heavy atom. The molecule has 4 heteroatoms. The third kappa shape index (κ3) is 2.83. The van der Waals surface area contributed by atoms with Crippen molar-refractivity contribution in [1.29, 1.82) is 0 Å². The van der Waals surface area contributed by atoms with Gasteiger partial charge < -0.3 is 4.90 Å². The number of hydrogen-bond donors (Lipinski definition) is 0. The van der Waals surface area contributed by atoms with Crippen LogP contribution in [-0.4, -0.2) is 18.7 Å². The molecule has 3 rings (SSSR count). The van der Waals surface area contributed by atoms with Gasteiger partial charge in [-0.25, -0.2) is 0 Å². The molecule has 0 atom stereocenters. The lowest BCUT2D eigenvalue weighted by Gasteiger charge is -2.14. The number of fused-ring (bicyclic) bond motifs is 1. The van der Waals surface area contributed by atoms with E-state index in [9.17, 15) is 4.79 Å². The zero-order chi connectivity index (χ0) is 14.8. The minimum Gasteiger partial charge on any atom is -0.312 e. The Hall–Kier alpha value is -2.13. The van der Waals surface area contributed by atoms with E-state index in [0.717, 1.165) is 29.9 Å². The van der Waals surface area contributed by atoms with Crippen molar-refractivity contribution in [3.8, 4) is 0 Å². The molecular weight excluding hydrogens is 284 g/mol. The summed E-state index contributed by atoms with van der Waals surface area (Å²) in [6.45, 7) is 2.35.